The first kappa shape index (κ1) is 16.3. The van der Waals surface area contributed by atoms with E-state index >= 15 is 0 Å². The van der Waals surface area contributed by atoms with Crippen molar-refractivity contribution < 1.29 is 4.79 Å². The van der Waals surface area contributed by atoms with Crippen LogP contribution >= 0.6 is 0 Å². The van der Waals surface area contributed by atoms with Crippen LogP contribution in [0, 0.1) is 0 Å². The third kappa shape index (κ3) is 3.77. The molecular formula is C22H26N2O. The molecule has 4 rings (SSSR count). The molecule has 2 aromatic carbocycles. The van der Waals surface area contributed by atoms with Crippen molar-refractivity contribution in [1.82, 2.24) is 9.80 Å². The number of benzene rings is 2. The number of rotatable bonds is 5. The summed E-state index contributed by atoms with van der Waals surface area (Å²) in [6, 6.07) is 19.7. The van der Waals surface area contributed by atoms with Gasteiger partial charge in [-0.3, -0.25) is 9.69 Å². The van der Waals surface area contributed by atoms with Crippen molar-refractivity contribution in [2.24, 2.45) is 0 Å². The zero-order chi connectivity index (χ0) is 17.1. The second kappa shape index (κ2) is 7.40. The number of carbonyl (C=O) groups is 1. The smallest absolute Gasteiger partial charge is 0.222 e. The lowest BCUT2D eigenvalue weighted by molar-refractivity contribution is -0.139. The van der Waals surface area contributed by atoms with Gasteiger partial charge in [-0.1, -0.05) is 54.6 Å². The zero-order valence-electron chi connectivity index (χ0n) is 14.7. The average Bonchev–Trinajstić information content (AvgIpc) is 2.61. The lowest BCUT2D eigenvalue weighted by Gasteiger charge is -2.47. The average molecular weight is 334 g/mol. The molecule has 3 heteroatoms. The largest absolute Gasteiger partial charge is 0.339 e. The first-order valence-electron chi connectivity index (χ1n) is 9.42. The van der Waals surface area contributed by atoms with Crippen molar-refractivity contribution in [3.05, 3.63) is 71.3 Å². The van der Waals surface area contributed by atoms with E-state index in [1.165, 1.54) is 16.7 Å². The number of likely N-dealkylation sites (tertiary alicyclic amines) is 1. The SMILES string of the molecule is O=C(CCCc1ccccc1)N1CC(N2CCc3ccccc3C2)C1. The van der Waals surface area contributed by atoms with Crippen molar-refractivity contribution in [3.63, 3.8) is 0 Å². The highest BCUT2D eigenvalue weighted by Gasteiger charge is 2.35. The van der Waals surface area contributed by atoms with Crippen molar-refractivity contribution in [2.75, 3.05) is 19.6 Å². The summed E-state index contributed by atoms with van der Waals surface area (Å²) in [7, 11) is 0. The van der Waals surface area contributed by atoms with Gasteiger partial charge in [0, 0.05) is 38.6 Å². The molecule has 0 atom stereocenters. The Morgan fingerprint density at radius 1 is 0.960 bits per heavy atom. The summed E-state index contributed by atoms with van der Waals surface area (Å²) in [5, 5.41) is 0. The third-order valence-corrected chi connectivity index (χ3v) is 5.59. The van der Waals surface area contributed by atoms with Crippen molar-refractivity contribution in [2.45, 2.75) is 38.3 Å². The Hall–Kier alpha value is -2.13. The molecule has 1 saturated heterocycles. The summed E-state index contributed by atoms with van der Waals surface area (Å²) in [6.45, 7) is 3.98. The van der Waals surface area contributed by atoms with Crippen LogP contribution in [0.3, 0.4) is 0 Å². The first-order valence-corrected chi connectivity index (χ1v) is 9.42. The summed E-state index contributed by atoms with van der Waals surface area (Å²) in [5.74, 6) is 0.324. The van der Waals surface area contributed by atoms with E-state index in [9.17, 15) is 4.79 Å². The molecule has 2 aliphatic heterocycles. The minimum absolute atomic E-state index is 0.324. The summed E-state index contributed by atoms with van der Waals surface area (Å²) < 4.78 is 0. The van der Waals surface area contributed by atoms with Gasteiger partial charge in [0.25, 0.3) is 0 Å². The molecule has 0 aromatic heterocycles. The van der Waals surface area contributed by atoms with Crippen LogP contribution in [0.5, 0.6) is 0 Å². The molecule has 0 spiro atoms. The lowest BCUT2D eigenvalue weighted by Crippen LogP contribution is -2.61. The van der Waals surface area contributed by atoms with Crippen LogP contribution in [-0.2, 0) is 24.2 Å². The van der Waals surface area contributed by atoms with Crippen LogP contribution < -0.4 is 0 Å². The number of fused-ring (bicyclic) bond motifs is 1. The predicted molar refractivity (Wildman–Crippen MR) is 100 cm³/mol. The highest BCUT2D eigenvalue weighted by molar-refractivity contribution is 5.77. The van der Waals surface area contributed by atoms with Crippen LogP contribution in [0.4, 0.5) is 0 Å². The molecule has 1 fully saturated rings. The fourth-order valence-corrected chi connectivity index (χ4v) is 3.97. The van der Waals surface area contributed by atoms with Gasteiger partial charge in [-0.05, 0) is 36.0 Å². The van der Waals surface area contributed by atoms with Crippen molar-refractivity contribution >= 4 is 5.91 Å². The minimum atomic E-state index is 0.324. The van der Waals surface area contributed by atoms with Crippen LogP contribution in [0.15, 0.2) is 54.6 Å². The molecule has 2 heterocycles. The molecule has 0 bridgehead atoms. The maximum Gasteiger partial charge on any atom is 0.222 e. The molecule has 130 valence electrons. The Bertz CT molecular complexity index is 722. The van der Waals surface area contributed by atoms with E-state index in [0.29, 0.717) is 18.4 Å². The molecule has 25 heavy (non-hydrogen) atoms. The highest BCUT2D eigenvalue weighted by atomic mass is 16.2. The number of nitrogens with zero attached hydrogens (tertiary/aromatic N) is 2. The number of aryl methyl sites for hydroxylation is 1. The van der Waals surface area contributed by atoms with E-state index in [0.717, 1.165) is 45.4 Å². The maximum absolute atomic E-state index is 12.3. The van der Waals surface area contributed by atoms with Gasteiger partial charge in [0.1, 0.15) is 0 Å². The molecule has 2 aliphatic rings. The van der Waals surface area contributed by atoms with E-state index < -0.39 is 0 Å². The summed E-state index contributed by atoms with van der Waals surface area (Å²) in [6.07, 6.45) is 3.75. The maximum atomic E-state index is 12.3. The molecule has 0 radical (unpaired) electrons. The molecule has 0 aliphatic carbocycles. The quantitative estimate of drug-likeness (QED) is 0.838. The van der Waals surface area contributed by atoms with E-state index in [-0.39, 0.29) is 0 Å². The Balaban J connectivity index is 1.21. The first-order chi connectivity index (χ1) is 12.3. The van der Waals surface area contributed by atoms with Crippen molar-refractivity contribution in [3.8, 4) is 0 Å². The second-order valence-corrected chi connectivity index (χ2v) is 7.28. The van der Waals surface area contributed by atoms with Gasteiger partial charge >= 0.3 is 0 Å². The summed E-state index contributed by atoms with van der Waals surface area (Å²) in [4.78, 5) is 16.9. The Kier molecular flexibility index (Phi) is 4.84. The number of hydrogen-bond donors (Lipinski definition) is 0. The predicted octanol–water partition coefficient (Wildman–Crippen LogP) is 3.28. The van der Waals surface area contributed by atoms with Gasteiger partial charge in [-0.15, -0.1) is 0 Å². The fraction of sp³-hybridized carbons (Fsp3) is 0.409. The Morgan fingerprint density at radius 3 is 2.48 bits per heavy atom. The van der Waals surface area contributed by atoms with Crippen LogP contribution in [0.25, 0.3) is 0 Å². The van der Waals surface area contributed by atoms with Gasteiger partial charge in [0.2, 0.25) is 5.91 Å². The highest BCUT2D eigenvalue weighted by Crippen LogP contribution is 2.24. The third-order valence-electron chi connectivity index (χ3n) is 5.59. The monoisotopic (exact) mass is 334 g/mol. The molecule has 3 nitrogen and oxygen atoms in total. The number of carbonyl (C=O) groups excluding carboxylic acids is 1. The van der Waals surface area contributed by atoms with Gasteiger partial charge in [0.05, 0.1) is 0 Å². The standard InChI is InChI=1S/C22H26N2O/c25-22(12-6-9-18-7-2-1-3-8-18)24-16-21(17-24)23-14-13-19-10-4-5-11-20(19)15-23/h1-5,7-8,10-11,21H,6,9,12-17H2. The minimum Gasteiger partial charge on any atom is -0.339 e. The lowest BCUT2D eigenvalue weighted by atomic mass is 9.96. The Labute approximate surface area is 150 Å². The van der Waals surface area contributed by atoms with Crippen LogP contribution in [-0.4, -0.2) is 41.4 Å². The van der Waals surface area contributed by atoms with E-state index in [1.807, 2.05) is 11.0 Å². The van der Waals surface area contributed by atoms with E-state index in [2.05, 4.69) is 53.4 Å². The van der Waals surface area contributed by atoms with E-state index in [1.54, 1.807) is 0 Å². The van der Waals surface area contributed by atoms with Gasteiger partial charge < -0.3 is 4.90 Å². The number of amides is 1. The van der Waals surface area contributed by atoms with E-state index in [4.69, 9.17) is 0 Å². The number of hydrogen-bond acceptors (Lipinski definition) is 2. The topological polar surface area (TPSA) is 23.6 Å². The van der Waals surface area contributed by atoms with Crippen LogP contribution in [0.1, 0.15) is 29.5 Å². The molecule has 2 aromatic rings. The molecule has 0 N–H and O–H groups in total. The van der Waals surface area contributed by atoms with Gasteiger partial charge in [0.15, 0.2) is 0 Å². The van der Waals surface area contributed by atoms with Gasteiger partial charge in [-0.25, -0.2) is 0 Å². The Morgan fingerprint density at radius 2 is 1.68 bits per heavy atom. The zero-order valence-corrected chi connectivity index (χ0v) is 14.7. The normalized spacial score (nSPS) is 17.8. The van der Waals surface area contributed by atoms with Crippen molar-refractivity contribution in [1.29, 1.82) is 0 Å². The molecule has 0 saturated carbocycles. The molecular weight excluding hydrogens is 308 g/mol. The second-order valence-electron chi connectivity index (χ2n) is 7.28. The summed E-state index contributed by atoms with van der Waals surface area (Å²) in [5.41, 5.74) is 4.28. The summed E-state index contributed by atoms with van der Waals surface area (Å²) >= 11 is 0. The fourth-order valence-electron chi connectivity index (χ4n) is 3.97. The van der Waals surface area contributed by atoms with Crippen LogP contribution in [0.2, 0.25) is 0 Å². The molecule has 0 unspecified atom stereocenters. The molecule has 1 amide bonds. The van der Waals surface area contributed by atoms with Gasteiger partial charge in [-0.2, -0.15) is 0 Å².